The second kappa shape index (κ2) is 6.06. The van der Waals surface area contributed by atoms with Crippen molar-refractivity contribution < 1.29 is 24.9 Å². The highest BCUT2D eigenvalue weighted by atomic mass is 32.1. The Labute approximate surface area is 128 Å². The Morgan fingerprint density at radius 2 is 2.00 bits per heavy atom. The molecule has 6 nitrogen and oxygen atoms in total. The first-order valence-corrected chi connectivity index (χ1v) is 7.06. The van der Waals surface area contributed by atoms with Crippen LogP contribution >= 0.6 is 23.6 Å². The van der Waals surface area contributed by atoms with Crippen LogP contribution in [0.15, 0.2) is 24.3 Å². The van der Waals surface area contributed by atoms with Crippen LogP contribution in [-0.4, -0.2) is 31.8 Å². The molecular weight excluding hydrogens is 314 g/mol. The van der Waals surface area contributed by atoms with Gasteiger partial charge in [-0.05, 0) is 29.9 Å². The van der Waals surface area contributed by atoms with E-state index in [0.29, 0.717) is 10.4 Å². The fourth-order valence-corrected chi connectivity index (χ4v) is 3.20. The Kier molecular flexibility index (Phi) is 4.39. The van der Waals surface area contributed by atoms with Gasteiger partial charge in [0.25, 0.3) is 0 Å². The summed E-state index contributed by atoms with van der Waals surface area (Å²) in [4.78, 5) is 22.1. The van der Waals surface area contributed by atoms with Gasteiger partial charge < -0.3 is 15.3 Å². The predicted octanol–water partition coefficient (Wildman–Crippen LogP) is 2.36. The molecule has 0 aliphatic carbocycles. The van der Waals surface area contributed by atoms with Crippen molar-refractivity contribution in [2.24, 2.45) is 0 Å². The maximum absolute atomic E-state index is 10.9. The van der Waals surface area contributed by atoms with Crippen LogP contribution in [-0.2, 0) is 17.8 Å². The molecule has 0 fully saturated rings. The van der Waals surface area contributed by atoms with E-state index in [4.69, 9.17) is 22.4 Å². The number of hydrogen-bond donors (Lipinski definition) is 3. The first-order valence-electron chi connectivity index (χ1n) is 5.84. The molecule has 0 amide bonds. The molecule has 8 heteroatoms. The van der Waals surface area contributed by atoms with E-state index in [1.807, 2.05) is 0 Å². The lowest BCUT2D eigenvalue weighted by atomic mass is 10.1. The van der Waals surface area contributed by atoms with Crippen LogP contribution in [0.2, 0.25) is 0 Å². The minimum atomic E-state index is -1.10. The topological polar surface area (TPSA) is 99.8 Å². The zero-order valence-electron chi connectivity index (χ0n) is 10.6. The van der Waals surface area contributed by atoms with E-state index in [2.05, 4.69) is 0 Å². The molecule has 0 atom stereocenters. The third kappa shape index (κ3) is 3.47. The van der Waals surface area contributed by atoms with E-state index in [0.717, 1.165) is 15.9 Å². The summed E-state index contributed by atoms with van der Waals surface area (Å²) in [5, 5.41) is 27.7. The number of carboxylic acids is 2. The minimum absolute atomic E-state index is 0.153. The van der Waals surface area contributed by atoms with Gasteiger partial charge in [0.05, 0.1) is 10.4 Å². The Hall–Kier alpha value is -2.19. The molecule has 0 bridgehead atoms. The molecule has 1 aromatic heterocycles. The van der Waals surface area contributed by atoms with Gasteiger partial charge in [0.2, 0.25) is 5.88 Å². The molecule has 1 aromatic carbocycles. The zero-order valence-corrected chi connectivity index (χ0v) is 12.3. The molecule has 1 heterocycles. The quantitative estimate of drug-likeness (QED) is 0.730. The highest BCUT2D eigenvalue weighted by molar-refractivity contribution is 7.73. The fraction of sp³-hybridized carbons (Fsp3) is 0.154. The van der Waals surface area contributed by atoms with Crippen LogP contribution in [0.3, 0.4) is 0 Å². The predicted molar refractivity (Wildman–Crippen MR) is 78.7 cm³/mol. The van der Waals surface area contributed by atoms with Crippen molar-refractivity contribution in [1.29, 1.82) is 0 Å². The van der Waals surface area contributed by atoms with Crippen molar-refractivity contribution in [3.05, 3.63) is 44.2 Å². The molecule has 2 aromatic rings. The molecule has 3 N–H and O–H groups in total. The summed E-state index contributed by atoms with van der Waals surface area (Å²) in [6, 6.07) is 6.33. The van der Waals surface area contributed by atoms with Gasteiger partial charge in [-0.3, -0.25) is 9.36 Å². The molecule has 21 heavy (non-hydrogen) atoms. The van der Waals surface area contributed by atoms with E-state index < -0.39 is 18.5 Å². The normalized spacial score (nSPS) is 10.5. The van der Waals surface area contributed by atoms with E-state index in [-0.39, 0.29) is 21.8 Å². The number of thiazole rings is 1. The molecule has 0 aliphatic rings. The number of nitrogens with zero attached hydrogens (tertiary/aromatic N) is 1. The standard InChI is InChI=1S/C13H11NO5S2/c15-10(16)6-14-11(17)9(21-13(14)20)5-7-2-1-3-8(4-7)12(18)19/h1-4,17H,5-6H2,(H,15,16)(H,18,19). The Balaban J connectivity index is 2.32. The second-order valence-electron chi connectivity index (χ2n) is 4.28. The van der Waals surface area contributed by atoms with Crippen molar-refractivity contribution in [3.63, 3.8) is 0 Å². The van der Waals surface area contributed by atoms with Crippen LogP contribution in [0.1, 0.15) is 20.8 Å². The average Bonchev–Trinajstić information content (AvgIpc) is 2.66. The third-order valence-electron chi connectivity index (χ3n) is 2.77. The number of benzene rings is 1. The van der Waals surface area contributed by atoms with Crippen LogP contribution in [0.25, 0.3) is 0 Å². The van der Waals surface area contributed by atoms with Gasteiger partial charge in [0, 0.05) is 6.42 Å². The summed E-state index contributed by atoms with van der Waals surface area (Å²) >= 11 is 6.14. The summed E-state index contributed by atoms with van der Waals surface area (Å²) in [5.41, 5.74) is 0.851. The largest absolute Gasteiger partial charge is 0.494 e. The molecule has 2 rings (SSSR count). The van der Waals surface area contributed by atoms with Crippen molar-refractivity contribution in [3.8, 4) is 5.88 Å². The molecule has 0 radical (unpaired) electrons. The lowest BCUT2D eigenvalue weighted by molar-refractivity contribution is -0.137. The van der Waals surface area contributed by atoms with Gasteiger partial charge in [0.15, 0.2) is 3.95 Å². The monoisotopic (exact) mass is 325 g/mol. The molecule has 110 valence electrons. The van der Waals surface area contributed by atoms with E-state index in [1.54, 1.807) is 12.1 Å². The first-order chi connectivity index (χ1) is 9.88. The van der Waals surface area contributed by atoms with Crippen LogP contribution < -0.4 is 0 Å². The van der Waals surface area contributed by atoms with E-state index >= 15 is 0 Å². The number of rotatable bonds is 5. The molecule has 0 spiro atoms. The lowest BCUT2D eigenvalue weighted by Crippen LogP contribution is -2.08. The maximum atomic E-state index is 10.9. The summed E-state index contributed by atoms with van der Waals surface area (Å²) < 4.78 is 1.40. The highest BCUT2D eigenvalue weighted by Gasteiger charge is 2.15. The van der Waals surface area contributed by atoms with Crippen LogP contribution in [0.5, 0.6) is 5.88 Å². The van der Waals surface area contributed by atoms with E-state index in [1.165, 1.54) is 12.1 Å². The van der Waals surface area contributed by atoms with Gasteiger partial charge in [-0.15, -0.1) is 11.3 Å². The highest BCUT2D eigenvalue weighted by Crippen LogP contribution is 2.28. The number of hydrogen-bond acceptors (Lipinski definition) is 5. The fourth-order valence-electron chi connectivity index (χ4n) is 1.83. The minimum Gasteiger partial charge on any atom is -0.494 e. The Morgan fingerprint density at radius 1 is 1.29 bits per heavy atom. The molecule has 0 unspecified atom stereocenters. The Bertz CT molecular complexity index is 762. The first kappa shape index (κ1) is 15.2. The van der Waals surface area contributed by atoms with Crippen molar-refractivity contribution >= 4 is 35.5 Å². The average molecular weight is 325 g/mol. The lowest BCUT2D eigenvalue weighted by Gasteiger charge is -2.03. The summed E-state index contributed by atoms with van der Waals surface area (Å²) in [6.07, 6.45) is 0.286. The zero-order chi connectivity index (χ0) is 15.6. The third-order valence-corrected chi connectivity index (χ3v) is 4.21. The maximum Gasteiger partial charge on any atom is 0.335 e. The number of aromatic nitrogens is 1. The second-order valence-corrected chi connectivity index (χ2v) is 6.01. The number of aromatic carboxylic acids is 1. The van der Waals surface area contributed by atoms with E-state index in [9.17, 15) is 14.7 Å². The summed E-state index contributed by atoms with van der Waals surface area (Å²) in [5.74, 6) is -2.32. The summed E-state index contributed by atoms with van der Waals surface area (Å²) in [6.45, 7) is -0.406. The number of aromatic hydroxyl groups is 1. The van der Waals surface area contributed by atoms with Gasteiger partial charge in [-0.25, -0.2) is 4.79 Å². The smallest absolute Gasteiger partial charge is 0.335 e. The van der Waals surface area contributed by atoms with Gasteiger partial charge in [-0.2, -0.15) is 0 Å². The summed E-state index contributed by atoms with van der Waals surface area (Å²) in [7, 11) is 0. The van der Waals surface area contributed by atoms with Gasteiger partial charge in [0.1, 0.15) is 6.54 Å². The van der Waals surface area contributed by atoms with Crippen LogP contribution in [0.4, 0.5) is 0 Å². The number of aliphatic carboxylic acids is 1. The van der Waals surface area contributed by atoms with Crippen molar-refractivity contribution in [2.45, 2.75) is 13.0 Å². The van der Waals surface area contributed by atoms with Crippen molar-refractivity contribution in [1.82, 2.24) is 4.57 Å². The molecule has 0 saturated carbocycles. The molecular formula is C13H11NO5S2. The van der Waals surface area contributed by atoms with Gasteiger partial charge >= 0.3 is 11.9 Å². The number of carboxylic acid groups (broad SMARTS) is 2. The molecule has 0 saturated heterocycles. The molecule has 0 aliphatic heterocycles. The SMILES string of the molecule is O=C(O)Cn1c(O)c(Cc2cccc(C(=O)O)c2)sc1=S. The Morgan fingerprint density at radius 3 is 2.62 bits per heavy atom. The number of carbonyl (C=O) groups is 2. The van der Waals surface area contributed by atoms with Gasteiger partial charge in [-0.1, -0.05) is 12.1 Å². The van der Waals surface area contributed by atoms with Crippen molar-refractivity contribution in [2.75, 3.05) is 0 Å². The van der Waals surface area contributed by atoms with Crippen LogP contribution in [0, 0.1) is 3.95 Å².